The summed E-state index contributed by atoms with van der Waals surface area (Å²) in [6.07, 6.45) is 2.96. The second-order valence-corrected chi connectivity index (χ2v) is 4.79. The Morgan fingerprint density at radius 1 is 1.25 bits per heavy atom. The summed E-state index contributed by atoms with van der Waals surface area (Å²) >= 11 is 0. The summed E-state index contributed by atoms with van der Waals surface area (Å²) in [5.74, 6) is -0.0309. The predicted molar refractivity (Wildman–Crippen MR) is 73.7 cm³/mol. The molecule has 1 aromatic carbocycles. The van der Waals surface area contributed by atoms with Gasteiger partial charge < -0.3 is 14.8 Å². The molecule has 1 fully saturated rings. The van der Waals surface area contributed by atoms with E-state index in [1.165, 1.54) is 0 Å². The van der Waals surface area contributed by atoms with Gasteiger partial charge in [0.15, 0.2) is 6.61 Å². The lowest BCUT2D eigenvalue weighted by molar-refractivity contribution is -0.124. The molecular weight excluding hydrogens is 258 g/mol. The molecule has 5 nitrogen and oxygen atoms in total. The van der Waals surface area contributed by atoms with E-state index in [0.717, 1.165) is 25.0 Å². The topological polar surface area (TPSA) is 64.6 Å². The molecule has 1 amide bonds. The van der Waals surface area contributed by atoms with E-state index in [9.17, 15) is 9.59 Å². The molecule has 2 rings (SSSR count). The van der Waals surface area contributed by atoms with E-state index in [0.29, 0.717) is 12.2 Å². The van der Waals surface area contributed by atoms with E-state index in [2.05, 4.69) is 5.32 Å². The Morgan fingerprint density at radius 3 is 2.55 bits per heavy atom. The largest absolute Gasteiger partial charge is 0.494 e. The van der Waals surface area contributed by atoms with Crippen LogP contribution in [-0.4, -0.2) is 31.1 Å². The average molecular weight is 277 g/mol. The van der Waals surface area contributed by atoms with Crippen LogP contribution in [0.5, 0.6) is 5.75 Å². The van der Waals surface area contributed by atoms with Gasteiger partial charge >= 0.3 is 5.97 Å². The van der Waals surface area contributed by atoms with Gasteiger partial charge in [0, 0.05) is 6.04 Å². The molecule has 0 atom stereocenters. The molecule has 0 aliphatic heterocycles. The molecule has 0 saturated heterocycles. The maximum absolute atomic E-state index is 11.7. The number of benzene rings is 1. The molecule has 0 aromatic heterocycles. The van der Waals surface area contributed by atoms with Crippen LogP contribution in [0.25, 0.3) is 0 Å². The third-order valence-corrected chi connectivity index (χ3v) is 2.84. The third kappa shape index (κ3) is 4.57. The van der Waals surface area contributed by atoms with Crippen molar-refractivity contribution in [2.75, 3.05) is 13.2 Å². The van der Waals surface area contributed by atoms with Crippen LogP contribution in [0.2, 0.25) is 0 Å². The van der Waals surface area contributed by atoms with Gasteiger partial charge in [0.1, 0.15) is 5.75 Å². The number of esters is 1. The molecule has 0 unspecified atom stereocenters. The van der Waals surface area contributed by atoms with Gasteiger partial charge in [-0.1, -0.05) is 6.92 Å². The van der Waals surface area contributed by atoms with Crippen molar-refractivity contribution in [3.05, 3.63) is 29.8 Å². The predicted octanol–water partition coefficient (Wildman–Crippen LogP) is 1.91. The summed E-state index contributed by atoms with van der Waals surface area (Å²) in [5.41, 5.74) is 0.410. The van der Waals surface area contributed by atoms with Crippen LogP contribution in [-0.2, 0) is 9.53 Å². The van der Waals surface area contributed by atoms with Crippen molar-refractivity contribution in [3.8, 4) is 5.75 Å². The summed E-state index contributed by atoms with van der Waals surface area (Å²) in [5, 5.41) is 2.76. The highest BCUT2D eigenvalue weighted by atomic mass is 16.5. The summed E-state index contributed by atoms with van der Waals surface area (Å²) < 4.78 is 10.4. The number of rotatable bonds is 7. The number of hydrogen-bond donors (Lipinski definition) is 1. The molecule has 0 radical (unpaired) electrons. The van der Waals surface area contributed by atoms with Crippen LogP contribution in [0.1, 0.15) is 36.5 Å². The summed E-state index contributed by atoms with van der Waals surface area (Å²) in [6.45, 7) is 2.44. The van der Waals surface area contributed by atoms with Crippen molar-refractivity contribution >= 4 is 11.9 Å². The Morgan fingerprint density at radius 2 is 1.95 bits per heavy atom. The molecule has 20 heavy (non-hydrogen) atoms. The quantitative estimate of drug-likeness (QED) is 0.773. The molecule has 1 aromatic rings. The maximum atomic E-state index is 11.7. The first kappa shape index (κ1) is 14.4. The Kier molecular flexibility index (Phi) is 4.98. The third-order valence-electron chi connectivity index (χ3n) is 2.84. The standard InChI is InChI=1S/C15H19NO4/c1-2-9-19-13-7-3-11(4-8-13)15(18)20-10-14(17)16-12-5-6-12/h3-4,7-8,12H,2,5-6,9-10H2,1H3,(H,16,17). The maximum Gasteiger partial charge on any atom is 0.338 e. The molecule has 5 heteroatoms. The fourth-order valence-corrected chi connectivity index (χ4v) is 1.62. The van der Waals surface area contributed by atoms with Crippen LogP contribution in [0.3, 0.4) is 0 Å². The highest BCUT2D eigenvalue weighted by Gasteiger charge is 2.23. The lowest BCUT2D eigenvalue weighted by atomic mass is 10.2. The van der Waals surface area contributed by atoms with E-state index < -0.39 is 5.97 Å². The molecule has 0 bridgehead atoms. The molecular formula is C15H19NO4. The van der Waals surface area contributed by atoms with Gasteiger partial charge in [-0.15, -0.1) is 0 Å². The van der Waals surface area contributed by atoms with Crippen LogP contribution >= 0.6 is 0 Å². The average Bonchev–Trinajstić information content (AvgIpc) is 3.27. The zero-order valence-electron chi connectivity index (χ0n) is 11.6. The highest BCUT2D eigenvalue weighted by Crippen LogP contribution is 2.18. The zero-order valence-corrected chi connectivity index (χ0v) is 11.6. The van der Waals surface area contributed by atoms with Crippen LogP contribution in [0, 0.1) is 0 Å². The lowest BCUT2D eigenvalue weighted by Crippen LogP contribution is -2.30. The zero-order chi connectivity index (χ0) is 14.4. The molecule has 1 aliphatic carbocycles. The van der Waals surface area contributed by atoms with Gasteiger partial charge in [0.25, 0.3) is 5.91 Å². The second-order valence-electron chi connectivity index (χ2n) is 4.79. The minimum absolute atomic E-state index is 0.233. The number of amides is 1. The number of nitrogens with one attached hydrogen (secondary N) is 1. The summed E-state index contributed by atoms with van der Waals surface area (Å²) in [7, 11) is 0. The van der Waals surface area contributed by atoms with E-state index in [1.807, 2.05) is 6.92 Å². The number of carbonyl (C=O) groups excluding carboxylic acids is 2. The molecule has 108 valence electrons. The normalized spacial score (nSPS) is 13.7. The first-order valence-electron chi connectivity index (χ1n) is 6.88. The minimum Gasteiger partial charge on any atom is -0.494 e. The van der Waals surface area contributed by atoms with Crippen molar-refractivity contribution in [2.45, 2.75) is 32.2 Å². The van der Waals surface area contributed by atoms with Gasteiger partial charge in [0.2, 0.25) is 0 Å². The van der Waals surface area contributed by atoms with Gasteiger partial charge in [-0.25, -0.2) is 4.79 Å². The number of hydrogen-bond acceptors (Lipinski definition) is 4. The van der Waals surface area contributed by atoms with Crippen LogP contribution in [0.4, 0.5) is 0 Å². The lowest BCUT2D eigenvalue weighted by Gasteiger charge is -2.07. The van der Waals surface area contributed by atoms with E-state index in [1.54, 1.807) is 24.3 Å². The summed E-state index contributed by atoms with van der Waals surface area (Å²) in [6, 6.07) is 6.97. The molecule has 0 spiro atoms. The molecule has 1 aliphatic rings. The van der Waals surface area contributed by atoms with Crippen molar-refractivity contribution in [2.24, 2.45) is 0 Å². The van der Waals surface area contributed by atoms with Crippen LogP contribution in [0.15, 0.2) is 24.3 Å². The summed E-state index contributed by atoms with van der Waals surface area (Å²) in [4.78, 5) is 23.1. The molecule has 0 heterocycles. The van der Waals surface area contributed by atoms with E-state index in [-0.39, 0.29) is 18.6 Å². The van der Waals surface area contributed by atoms with Gasteiger partial charge in [-0.2, -0.15) is 0 Å². The first-order chi connectivity index (χ1) is 9.69. The Hall–Kier alpha value is -2.04. The van der Waals surface area contributed by atoms with Crippen molar-refractivity contribution in [1.82, 2.24) is 5.32 Å². The van der Waals surface area contributed by atoms with E-state index in [4.69, 9.17) is 9.47 Å². The number of ether oxygens (including phenoxy) is 2. The van der Waals surface area contributed by atoms with Gasteiger partial charge in [0.05, 0.1) is 12.2 Å². The van der Waals surface area contributed by atoms with Crippen molar-refractivity contribution < 1.29 is 19.1 Å². The monoisotopic (exact) mass is 277 g/mol. The second kappa shape index (κ2) is 6.93. The number of carbonyl (C=O) groups is 2. The van der Waals surface area contributed by atoms with Crippen LogP contribution < -0.4 is 10.1 Å². The smallest absolute Gasteiger partial charge is 0.338 e. The fourth-order valence-electron chi connectivity index (χ4n) is 1.62. The Balaban J connectivity index is 1.77. The Bertz CT molecular complexity index is 465. The van der Waals surface area contributed by atoms with E-state index >= 15 is 0 Å². The van der Waals surface area contributed by atoms with Crippen molar-refractivity contribution in [1.29, 1.82) is 0 Å². The van der Waals surface area contributed by atoms with Crippen molar-refractivity contribution in [3.63, 3.8) is 0 Å². The first-order valence-corrected chi connectivity index (χ1v) is 6.88. The molecule has 1 N–H and O–H groups in total. The molecule has 1 saturated carbocycles. The highest BCUT2D eigenvalue weighted by molar-refractivity contribution is 5.91. The Labute approximate surface area is 118 Å². The SMILES string of the molecule is CCCOc1ccc(C(=O)OCC(=O)NC2CC2)cc1. The van der Waals surface area contributed by atoms with Gasteiger partial charge in [-0.05, 0) is 43.5 Å². The van der Waals surface area contributed by atoms with Gasteiger partial charge in [-0.3, -0.25) is 4.79 Å². The minimum atomic E-state index is -0.502. The fraction of sp³-hybridized carbons (Fsp3) is 0.467.